The van der Waals surface area contributed by atoms with E-state index in [0.717, 1.165) is 0 Å². The van der Waals surface area contributed by atoms with E-state index in [4.69, 9.17) is 4.74 Å². The van der Waals surface area contributed by atoms with Gasteiger partial charge in [-0.15, -0.1) is 0 Å². The Morgan fingerprint density at radius 2 is 2.06 bits per heavy atom. The molecule has 1 aromatic carbocycles. The number of nitrogens with one attached hydrogen (secondary N) is 1. The number of aryl methyl sites for hydroxylation is 1. The molecule has 4 nitrogen and oxygen atoms in total. The van der Waals surface area contributed by atoms with E-state index in [1.165, 1.54) is 20.3 Å². The summed E-state index contributed by atoms with van der Waals surface area (Å²) in [4.78, 5) is 14.4. The van der Waals surface area contributed by atoms with Gasteiger partial charge in [-0.1, -0.05) is 0 Å². The lowest BCUT2D eigenvalue weighted by Crippen LogP contribution is -2.02. The van der Waals surface area contributed by atoms with Crippen molar-refractivity contribution in [3.63, 3.8) is 0 Å². The standard InChI is InChI=1S/C12H12FNO3/c1-6-9(12(15)17-3)7-4-5-8(16-2)10(13)11(7)14-6/h4-5,14H,1-3H3. The van der Waals surface area contributed by atoms with Crippen LogP contribution in [0.4, 0.5) is 4.39 Å². The average molecular weight is 237 g/mol. The van der Waals surface area contributed by atoms with Crippen molar-refractivity contribution in [3.8, 4) is 5.75 Å². The number of esters is 1. The molecule has 5 heteroatoms. The molecule has 0 aliphatic rings. The minimum Gasteiger partial charge on any atom is -0.494 e. The predicted molar refractivity (Wildman–Crippen MR) is 60.9 cm³/mol. The van der Waals surface area contributed by atoms with Gasteiger partial charge in [-0.25, -0.2) is 9.18 Å². The second-order valence-electron chi connectivity index (χ2n) is 3.62. The summed E-state index contributed by atoms with van der Waals surface area (Å²) in [5.41, 5.74) is 1.17. The summed E-state index contributed by atoms with van der Waals surface area (Å²) in [6, 6.07) is 3.12. The van der Waals surface area contributed by atoms with Crippen LogP contribution in [0.3, 0.4) is 0 Å². The molecular weight excluding hydrogens is 225 g/mol. The summed E-state index contributed by atoms with van der Waals surface area (Å²) in [7, 11) is 2.68. The maximum absolute atomic E-state index is 13.9. The summed E-state index contributed by atoms with van der Waals surface area (Å²) in [5, 5.41) is 0.493. The van der Waals surface area contributed by atoms with E-state index in [1.54, 1.807) is 13.0 Å². The molecular formula is C12H12FNO3. The van der Waals surface area contributed by atoms with Crippen molar-refractivity contribution in [2.75, 3.05) is 14.2 Å². The number of benzene rings is 1. The number of halogens is 1. The van der Waals surface area contributed by atoms with Crippen LogP contribution in [0.5, 0.6) is 5.75 Å². The number of carbonyl (C=O) groups excluding carboxylic acids is 1. The number of rotatable bonds is 2. The van der Waals surface area contributed by atoms with Crippen LogP contribution < -0.4 is 4.74 Å². The summed E-state index contributed by atoms with van der Waals surface area (Å²) in [6.45, 7) is 1.69. The van der Waals surface area contributed by atoms with E-state index in [9.17, 15) is 9.18 Å². The van der Waals surface area contributed by atoms with Gasteiger partial charge in [0, 0.05) is 11.1 Å². The van der Waals surface area contributed by atoms with Crippen molar-refractivity contribution in [2.24, 2.45) is 0 Å². The van der Waals surface area contributed by atoms with Crippen LogP contribution in [0, 0.1) is 12.7 Å². The largest absolute Gasteiger partial charge is 0.494 e. The molecule has 0 saturated heterocycles. The second kappa shape index (κ2) is 4.08. The summed E-state index contributed by atoms with van der Waals surface area (Å²) in [5.74, 6) is -0.864. The second-order valence-corrected chi connectivity index (χ2v) is 3.62. The molecule has 2 aromatic rings. The van der Waals surface area contributed by atoms with E-state index in [1.807, 2.05) is 0 Å². The van der Waals surface area contributed by atoms with E-state index >= 15 is 0 Å². The quantitative estimate of drug-likeness (QED) is 0.816. The van der Waals surface area contributed by atoms with Gasteiger partial charge in [0.05, 0.1) is 25.3 Å². The molecule has 0 aliphatic heterocycles. The molecule has 0 spiro atoms. The van der Waals surface area contributed by atoms with Crippen molar-refractivity contribution in [1.29, 1.82) is 0 Å². The molecule has 0 amide bonds. The Bertz CT molecular complexity index is 589. The number of carbonyl (C=O) groups is 1. The minimum absolute atomic E-state index is 0.134. The first kappa shape index (κ1) is 11.4. The molecule has 90 valence electrons. The number of hydrogen-bond donors (Lipinski definition) is 1. The Morgan fingerprint density at radius 3 is 2.65 bits per heavy atom. The van der Waals surface area contributed by atoms with E-state index in [0.29, 0.717) is 16.6 Å². The molecule has 0 unspecified atom stereocenters. The van der Waals surface area contributed by atoms with Crippen molar-refractivity contribution >= 4 is 16.9 Å². The zero-order valence-corrected chi connectivity index (χ0v) is 9.76. The fourth-order valence-electron chi connectivity index (χ4n) is 1.86. The maximum atomic E-state index is 13.9. The van der Waals surface area contributed by atoms with E-state index in [2.05, 4.69) is 9.72 Å². The van der Waals surface area contributed by atoms with Crippen LogP contribution in [-0.4, -0.2) is 25.2 Å². The van der Waals surface area contributed by atoms with Crippen molar-refractivity contribution in [1.82, 2.24) is 4.98 Å². The monoisotopic (exact) mass is 237 g/mol. The molecule has 0 bridgehead atoms. The number of aromatic amines is 1. The third-order valence-corrected chi connectivity index (χ3v) is 2.67. The zero-order valence-electron chi connectivity index (χ0n) is 9.76. The summed E-state index contributed by atoms with van der Waals surface area (Å²) >= 11 is 0. The lowest BCUT2D eigenvalue weighted by atomic mass is 10.1. The first-order valence-electron chi connectivity index (χ1n) is 5.03. The third kappa shape index (κ3) is 1.63. The number of methoxy groups -OCH3 is 2. The number of ether oxygens (including phenoxy) is 2. The zero-order chi connectivity index (χ0) is 12.6. The predicted octanol–water partition coefficient (Wildman–Crippen LogP) is 2.41. The van der Waals surface area contributed by atoms with Gasteiger partial charge in [0.2, 0.25) is 0 Å². The Balaban J connectivity index is 2.77. The van der Waals surface area contributed by atoms with E-state index < -0.39 is 11.8 Å². The van der Waals surface area contributed by atoms with Crippen LogP contribution in [0.15, 0.2) is 12.1 Å². The van der Waals surface area contributed by atoms with Crippen LogP contribution in [0.25, 0.3) is 10.9 Å². The molecule has 1 aromatic heterocycles. The van der Waals surface area contributed by atoms with Gasteiger partial charge in [0.25, 0.3) is 0 Å². The van der Waals surface area contributed by atoms with Crippen LogP contribution >= 0.6 is 0 Å². The van der Waals surface area contributed by atoms with Gasteiger partial charge >= 0.3 is 5.97 Å². The minimum atomic E-state index is -0.511. The highest BCUT2D eigenvalue weighted by Gasteiger charge is 2.20. The van der Waals surface area contributed by atoms with Gasteiger partial charge in [-0.05, 0) is 19.1 Å². The van der Waals surface area contributed by atoms with Gasteiger partial charge in [0.15, 0.2) is 11.6 Å². The lowest BCUT2D eigenvalue weighted by molar-refractivity contribution is 0.0602. The van der Waals surface area contributed by atoms with Crippen LogP contribution in [0.2, 0.25) is 0 Å². The Morgan fingerprint density at radius 1 is 1.35 bits per heavy atom. The van der Waals surface area contributed by atoms with Gasteiger partial charge in [-0.3, -0.25) is 0 Å². The number of fused-ring (bicyclic) bond motifs is 1. The fourth-order valence-corrected chi connectivity index (χ4v) is 1.86. The summed E-state index contributed by atoms with van der Waals surface area (Å²) < 4.78 is 23.5. The summed E-state index contributed by atoms with van der Waals surface area (Å²) in [6.07, 6.45) is 0. The normalized spacial score (nSPS) is 10.6. The first-order chi connectivity index (χ1) is 8.10. The van der Waals surface area contributed by atoms with Crippen LogP contribution in [0.1, 0.15) is 16.1 Å². The fraction of sp³-hybridized carbons (Fsp3) is 0.250. The molecule has 2 rings (SSSR count). The molecule has 0 saturated carbocycles. The molecule has 1 heterocycles. The molecule has 17 heavy (non-hydrogen) atoms. The Labute approximate surface area is 97.3 Å². The molecule has 0 fully saturated rings. The van der Waals surface area contributed by atoms with Crippen molar-refractivity contribution < 1.29 is 18.7 Å². The van der Waals surface area contributed by atoms with Crippen molar-refractivity contribution in [2.45, 2.75) is 6.92 Å². The number of aromatic nitrogens is 1. The number of hydrogen-bond acceptors (Lipinski definition) is 3. The average Bonchev–Trinajstić information content (AvgIpc) is 2.66. The van der Waals surface area contributed by atoms with Gasteiger partial charge < -0.3 is 14.5 Å². The topological polar surface area (TPSA) is 51.3 Å². The third-order valence-electron chi connectivity index (χ3n) is 2.67. The molecule has 0 radical (unpaired) electrons. The van der Waals surface area contributed by atoms with Crippen LogP contribution in [-0.2, 0) is 4.74 Å². The van der Waals surface area contributed by atoms with Crippen molar-refractivity contribution in [3.05, 3.63) is 29.2 Å². The highest BCUT2D eigenvalue weighted by atomic mass is 19.1. The maximum Gasteiger partial charge on any atom is 0.340 e. The first-order valence-corrected chi connectivity index (χ1v) is 5.03. The molecule has 0 atom stereocenters. The lowest BCUT2D eigenvalue weighted by Gasteiger charge is -2.02. The molecule has 0 aliphatic carbocycles. The smallest absolute Gasteiger partial charge is 0.340 e. The van der Waals surface area contributed by atoms with Gasteiger partial charge in [-0.2, -0.15) is 0 Å². The highest BCUT2D eigenvalue weighted by molar-refractivity contribution is 6.05. The molecule has 1 N–H and O–H groups in total. The Hall–Kier alpha value is -2.04. The van der Waals surface area contributed by atoms with E-state index in [-0.39, 0.29) is 11.3 Å². The number of H-pyrrole nitrogens is 1. The SMILES string of the molecule is COC(=O)c1c(C)[nH]c2c(F)c(OC)ccc12. The Kier molecular flexibility index (Phi) is 2.75. The van der Waals surface area contributed by atoms with Gasteiger partial charge in [0.1, 0.15) is 0 Å². The highest BCUT2D eigenvalue weighted by Crippen LogP contribution is 2.30.